The molecule has 0 radical (unpaired) electrons. The molecule has 1 atom stereocenters. The van der Waals surface area contributed by atoms with Gasteiger partial charge in [0, 0.05) is 44.1 Å². The first-order chi connectivity index (χ1) is 11.6. The number of aliphatic imine (C=N–C) groups is 1. The van der Waals surface area contributed by atoms with Crippen LogP contribution in [0.4, 0.5) is 4.39 Å². The average Bonchev–Trinajstić information content (AvgIpc) is 3.06. The number of guanidine groups is 1. The summed E-state index contributed by atoms with van der Waals surface area (Å²) in [5.74, 6) is 0.826. The molecule has 4 nitrogen and oxygen atoms in total. The van der Waals surface area contributed by atoms with E-state index in [0.29, 0.717) is 5.41 Å². The predicted molar refractivity (Wildman–Crippen MR) is 108 cm³/mol. The fraction of sp³-hybridized carbons (Fsp3) is 0.632. The SMILES string of the molecule is CN=C(NCC1(c2cccc(F)c2)CC1)N1CCC2(CCOC2)C1.I. The molecular weight excluding hydrogens is 432 g/mol. The van der Waals surface area contributed by atoms with Gasteiger partial charge in [-0.25, -0.2) is 4.39 Å². The minimum atomic E-state index is -0.147. The number of nitrogens with zero attached hydrogens (tertiary/aromatic N) is 2. The molecule has 25 heavy (non-hydrogen) atoms. The van der Waals surface area contributed by atoms with Crippen LogP contribution in [-0.4, -0.2) is 50.8 Å². The molecule has 3 aliphatic rings. The number of hydrogen-bond donors (Lipinski definition) is 1. The van der Waals surface area contributed by atoms with E-state index in [4.69, 9.17) is 4.74 Å². The maximum atomic E-state index is 13.5. The third-order valence-corrected chi connectivity index (χ3v) is 6.01. The summed E-state index contributed by atoms with van der Waals surface area (Å²) in [6, 6.07) is 7.04. The van der Waals surface area contributed by atoms with Gasteiger partial charge >= 0.3 is 0 Å². The van der Waals surface area contributed by atoms with Crippen LogP contribution in [0.2, 0.25) is 0 Å². The molecular formula is C19H27FIN3O. The highest BCUT2D eigenvalue weighted by Gasteiger charge is 2.46. The Labute approximate surface area is 166 Å². The van der Waals surface area contributed by atoms with Gasteiger partial charge in [-0.3, -0.25) is 4.99 Å². The Morgan fingerprint density at radius 3 is 2.80 bits per heavy atom. The number of nitrogens with one attached hydrogen (secondary N) is 1. The topological polar surface area (TPSA) is 36.9 Å². The molecule has 2 heterocycles. The van der Waals surface area contributed by atoms with Crippen molar-refractivity contribution in [1.82, 2.24) is 10.2 Å². The molecule has 2 saturated heterocycles. The van der Waals surface area contributed by atoms with E-state index in [1.165, 1.54) is 12.5 Å². The molecule has 4 rings (SSSR count). The van der Waals surface area contributed by atoms with Gasteiger partial charge in [0.1, 0.15) is 5.82 Å². The van der Waals surface area contributed by atoms with Crippen molar-refractivity contribution in [3.05, 3.63) is 35.6 Å². The first-order valence-electron chi connectivity index (χ1n) is 8.94. The molecule has 0 aromatic heterocycles. The van der Waals surface area contributed by atoms with Crippen LogP contribution in [0.15, 0.2) is 29.3 Å². The van der Waals surface area contributed by atoms with E-state index >= 15 is 0 Å². The highest BCUT2D eigenvalue weighted by atomic mass is 127. The van der Waals surface area contributed by atoms with E-state index in [1.807, 2.05) is 19.2 Å². The lowest BCUT2D eigenvalue weighted by Crippen LogP contribution is -2.44. The highest BCUT2D eigenvalue weighted by molar-refractivity contribution is 14.0. The zero-order valence-electron chi connectivity index (χ0n) is 14.8. The van der Waals surface area contributed by atoms with Crippen LogP contribution in [0.25, 0.3) is 0 Å². The minimum absolute atomic E-state index is 0. The van der Waals surface area contributed by atoms with Crippen LogP contribution < -0.4 is 5.32 Å². The summed E-state index contributed by atoms with van der Waals surface area (Å²) < 4.78 is 19.2. The Bertz CT molecular complexity index is 641. The first-order valence-corrected chi connectivity index (χ1v) is 8.94. The fourth-order valence-electron chi connectivity index (χ4n) is 4.20. The van der Waals surface area contributed by atoms with Crippen LogP contribution >= 0.6 is 24.0 Å². The molecule has 1 aromatic rings. The Hall–Kier alpha value is -0.890. The van der Waals surface area contributed by atoms with Gasteiger partial charge in [-0.15, -0.1) is 24.0 Å². The predicted octanol–water partition coefficient (Wildman–Crippen LogP) is 3.16. The number of likely N-dealkylation sites (tertiary alicyclic amines) is 1. The van der Waals surface area contributed by atoms with Crippen molar-refractivity contribution < 1.29 is 9.13 Å². The van der Waals surface area contributed by atoms with Gasteiger partial charge in [0.25, 0.3) is 0 Å². The molecule has 1 aliphatic carbocycles. The highest BCUT2D eigenvalue weighted by Crippen LogP contribution is 2.47. The van der Waals surface area contributed by atoms with Crippen LogP contribution in [0, 0.1) is 11.2 Å². The number of halogens is 2. The molecule has 1 spiro atoms. The lowest BCUT2D eigenvalue weighted by Gasteiger charge is -2.26. The van der Waals surface area contributed by atoms with Crippen LogP contribution in [0.1, 0.15) is 31.2 Å². The molecule has 1 saturated carbocycles. The number of hydrogen-bond acceptors (Lipinski definition) is 2. The van der Waals surface area contributed by atoms with E-state index < -0.39 is 0 Å². The van der Waals surface area contributed by atoms with E-state index in [1.54, 1.807) is 6.07 Å². The monoisotopic (exact) mass is 459 g/mol. The fourth-order valence-corrected chi connectivity index (χ4v) is 4.20. The molecule has 1 aromatic carbocycles. The quantitative estimate of drug-likeness (QED) is 0.429. The molecule has 1 unspecified atom stereocenters. The lowest BCUT2D eigenvalue weighted by molar-refractivity contribution is 0.156. The largest absolute Gasteiger partial charge is 0.381 e. The summed E-state index contributed by atoms with van der Waals surface area (Å²) in [5, 5.41) is 3.55. The standard InChI is InChI=1S/C19H26FN3O.HI/c1-21-17(23-9-7-18(13-23)8-10-24-14-18)22-12-19(5-6-19)15-3-2-4-16(20)11-15;/h2-4,11H,5-10,12-14H2,1H3,(H,21,22);1H. The van der Waals surface area contributed by atoms with Crippen LogP contribution in [0.5, 0.6) is 0 Å². The third kappa shape index (κ3) is 3.79. The van der Waals surface area contributed by atoms with E-state index in [2.05, 4.69) is 15.2 Å². The molecule has 3 fully saturated rings. The minimum Gasteiger partial charge on any atom is -0.381 e. The van der Waals surface area contributed by atoms with Gasteiger partial charge in [0.15, 0.2) is 5.96 Å². The Morgan fingerprint density at radius 1 is 1.32 bits per heavy atom. The summed E-state index contributed by atoms with van der Waals surface area (Å²) in [6.07, 6.45) is 4.56. The van der Waals surface area contributed by atoms with Crippen LogP contribution in [0.3, 0.4) is 0 Å². The number of ether oxygens (including phenoxy) is 1. The maximum Gasteiger partial charge on any atom is 0.193 e. The van der Waals surface area contributed by atoms with Gasteiger partial charge in [-0.2, -0.15) is 0 Å². The summed E-state index contributed by atoms with van der Waals surface area (Å²) in [5.41, 5.74) is 1.51. The second-order valence-electron chi connectivity index (χ2n) is 7.67. The summed E-state index contributed by atoms with van der Waals surface area (Å²) in [7, 11) is 1.85. The van der Waals surface area contributed by atoms with Crippen molar-refractivity contribution in [2.75, 3.05) is 39.9 Å². The normalized spacial score (nSPS) is 27.4. The maximum absolute atomic E-state index is 13.5. The number of rotatable bonds is 3. The zero-order chi connectivity index (χ0) is 16.6. The van der Waals surface area contributed by atoms with Gasteiger partial charge < -0.3 is 15.0 Å². The van der Waals surface area contributed by atoms with Crippen molar-refractivity contribution in [2.24, 2.45) is 10.4 Å². The second-order valence-corrected chi connectivity index (χ2v) is 7.67. The Balaban J connectivity index is 0.00000182. The molecule has 138 valence electrons. The Morgan fingerprint density at radius 2 is 2.16 bits per heavy atom. The lowest BCUT2D eigenvalue weighted by atomic mass is 9.87. The van der Waals surface area contributed by atoms with Crippen molar-refractivity contribution >= 4 is 29.9 Å². The average molecular weight is 459 g/mol. The zero-order valence-corrected chi connectivity index (χ0v) is 17.1. The first kappa shape index (κ1) is 18.9. The van der Waals surface area contributed by atoms with Gasteiger partial charge in [0.2, 0.25) is 0 Å². The Kier molecular flexibility index (Phi) is 5.58. The van der Waals surface area contributed by atoms with Crippen molar-refractivity contribution in [1.29, 1.82) is 0 Å². The van der Waals surface area contributed by atoms with Gasteiger partial charge in [0.05, 0.1) is 6.61 Å². The van der Waals surface area contributed by atoms with Gasteiger partial charge in [-0.1, -0.05) is 12.1 Å². The summed E-state index contributed by atoms with van der Waals surface area (Å²) in [6.45, 7) is 4.66. The third-order valence-electron chi connectivity index (χ3n) is 6.01. The molecule has 0 amide bonds. The second kappa shape index (κ2) is 7.39. The van der Waals surface area contributed by atoms with Crippen molar-refractivity contribution in [3.63, 3.8) is 0 Å². The number of benzene rings is 1. The van der Waals surface area contributed by atoms with Gasteiger partial charge in [-0.05, 0) is 43.4 Å². The molecule has 6 heteroatoms. The summed E-state index contributed by atoms with van der Waals surface area (Å²) >= 11 is 0. The van der Waals surface area contributed by atoms with Crippen LogP contribution in [-0.2, 0) is 10.2 Å². The molecule has 1 N–H and O–H groups in total. The van der Waals surface area contributed by atoms with E-state index in [9.17, 15) is 4.39 Å². The molecule has 2 aliphatic heterocycles. The van der Waals surface area contributed by atoms with Crippen molar-refractivity contribution in [3.8, 4) is 0 Å². The summed E-state index contributed by atoms with van der Waals surface area (Å²) in [4.78, 5) is 6.84. The van der Waals surface area contributed by atoms with Crippen molar-refractivity contribution in [2.45, 2.75) is 31.1 Å². The van der Waals surface area contributed by atoms with E-state index in [0.717, 1.165) is 63.6 Å². The molecule has 0 bridgehead atoms. The smallest absolute Gasteiger partial charge is 0.193 e. The van der Waals surface area contributed by atoms with E-state index in [-0.39, 0.29) is 35.2 Å².